The van der Waals surface area contributed by atoms with E-state index in [2.05, 4.69) is 4.90 Å². The van der Waals surface area contributed by atoms with Crippen LogP contribution in [0.2, 0.25) is 0 Å². The highest BCUT2D eigenvalue weighted by Gasteiger charge is 2.28. The zero-order valence-electron chi connectivity index (χ0n) is 11.5. The number of hydrogen-bond acceptors (Lipinski definition) is 5. The van der Waals surface area contributed by atoms with Crippen LogP contribution in [0, 0.1) is 5.92 Å². The van der Waals surface area contributed by atoms with Gasteiger partial charge in [0.2, 0.25) is 0 Å². The molecule has 1 aliphatic rings. The van der Waals surface area contributed by atoms with E-state index in [1.807, 2.05) is 18.2 Å². The highest BCUT2D eigenvalue weighted by molar-refractivity contribution is 5.61. The summed E-state index contributed by atoms with van der Waals surface area (Å²) in [6.45, 7) is 1.82. The van der Waals surface area contributed by atoms with Crippen molar-refractivity contribution in [3.05, 3.63) is 18.2 Å². The summed E-state index contributed by atoms with van der Waals surface area (Å²) >= 11 is 0. The average molecular weight is 266 g/mol. The molecule has 1 aromatic carbocycles. The molecule has 1 aliphatic heterocycles. The quantitative estimate of drug-likeness (QED) is 0.827. The molecule has 1 saturated heterocycles. The topological polar surface area (TPSA) is 68.0 Å². The van der Waals surface area contributed by atoms with Gasteiger partial charge in [0.15, 0.2) is 0 Å². The van der Waals surface area contributed by atoms with Crippen molar-refractivity contribution < 1.29 is 14.6 Å². The fourth-order valence-electron chi connectivity index (χ4n) is 2.55. The zero-order valence-corrected chi connectivity index (χ0v) is 11.5. The number of hydrogen-bond donors (Lipinski definition) is 2. The number of ether oxygens (including phenoxy) is 2. The van der Waals surface area contributed by atoms with Crippen LogP contribution < -0.4 is 20.1 Å². The van der Waals surface area contributed by atoms with Crippen LogP contribution in [0.25, 0.3) is 0 Å². The Bertz CT molecular complexity index is 425. The van der Waals surface area contributed by atoms with Gasteiger partial charge in [-0.25, -0.2) is 0 Å². The number of rotatable bonds is 5. The molecule has 0 amide bonds. The lowest BCUT2D eigenvalue weighted by atomic mass is 10.0. The molecule has 0 aromatic heterocycles. The third kappa shape index (κ3) is 2.93. The third-order valence-corrected chi connectivity index (χ3v) is 3.77. The molecule has 0 bridgehead atoms. The van der Waals surface area contributed by atoms with Gasteiger partial charge < -0.3 is 25.2 Å². The van der Waals surface area contributed by atoms with E-state index in [4.69, 9.17) is 20.3 Å². The molecule has 19 heavy (non-hydrogen) atoms. The van der Waals surface area contributed by atoms with Crippen molar-refractivity contribution in [3.63, 3.8) is 0 Å². The van der Waals surface area contributed by atoms with E-state index in [9.17, 15) is 0 Å². The summed E-state index contributed by atoms with van der Waals surface area (Å²) in [5.74, 6) is 1.91. The predicted octanol–water partition coefficient (Wildman–Crippen LogP) is 0.850. The first-order valence-corrected chi connectivity index (χ1v) is 6.53. The molecule has 0 aliphatic carbocycles. The lowest BCUT2D eigenvalue weighted by Crippen LogP contribution is -2.35. The molecule has 2 atom stereocenters. The number of anilines is 1. The highest BCUT2D eigenvalue weighted by Crippen LogP contribution is 2.35. The van der Waals surface area contributed by atoms with Crippen molar-refractivity contribution >= 4 is 5.69 Å². The minimum absolute atomic E-state index is 0.0399. The molecule has 106 valence electrons. The lowest BCUT2D eigenvalue weighted by molar-refractivity contribution is 0.233. The minimum Gasteiger partial charge on any atom is -0.497 e. The second-order valence-corrected chi connectivity index (χ2v) is 4.88. The number of nitrogens with zero attached hydrogens (tertiary/aromatic N) is 1. The van der Waals surface area contributed by atoms with E-state index in [0.717, 1.165) is 36.7 Å². The second kappa shape index (κ2) is 6.12. The van der Waals surface area contributed by atoms with Gasteiger partial charge in [-0.2, -0.15) is 0 Å². The van der Waals surface area contributed by atoms with Gasteiger partial charge in [-0.1, -0.05) is 0 Å². The summed E-state index contributed by atoms with van der Waals surface area (Å²) in [6, 6.07) is 5.67. The molecular weight excluding hydrogens is 244 g/mol. The van der Waals surface area contributed by atoms with Gasteiger partial charge in [0.25, 0.3) is 0 Å². The summed E-state index contributed by atoms with van der Waals surface area (Å²) in [5, 5.41) is 9.14. The molecule has 0 spiro atoms. The van der Waals surface area contributed by atoms with E-state index < -0.39 is 0 Å². The average Bonchev–Trinajstić information content (AvgIpc) is 2.95. The predicted molar refractivity (Wildman–Crippen MR) is 74.9 cm³/mol. The molecule has 0 saturated carbocycles. The molecule has 0 radical (unpaired) electrons. The van der Waals surface area contributed by atoms with Crippen LogP contribution in [0.15, 0.2) is 18.2 Å². The molecule has 3 N–H and O–H groups in total. The third-order valence-electron chi connectivity index (χ3n) is 3.77. The number of aliphatic hydroxyl groups excluding tert-OH is 1. The van der Waals surface area contributed by atoms with Gasteiger partial charge in [-0.15, -0.1) is 0 Å². The first kappa shape index (κ1) is 14.0. The van der Waals surface area contributed by atoms with Crippen molar-refractivity contribution in [3.8, 4) is 11.5 Å². The lowest BCUT2D eigenvalue weighted by Gasteiger charge is -2.23. The van der Waals surface area contributed by atoms with Crippen LogP contribution in [0.4, 0.5) is 5.69 Å². The smallest absolute Gasteiger partial charge is 0.145 e. The van der Waals surface area contributed by atoms with Crippen molar-refractivity contribution in [1.82, 2.24) is 0 Å². The standard InChI is InChI=1S/C14H22N2O3/c1-18-11-3-4-13(14(7-11)19-2)16-6-5-10(8-16)12(15)9-17/h3-4,7,10,12,17H,5-6,8-9,15H2,1-2H3. The van der Waals surface area contributed by atoms with Gasteiger partial charge in [0.1, 0.15) is 11.5 Å². The molecular formula is C14H22N2O3. The maximum atomic E-state index is 9.14. The minimum atomic E-state index is -0.144. The number of methoxy groups -OCH3 is 2. The number of aliphatic hydroxyl groups is 1. The monoisotopic (exact) mass is 266 g/mol. The summed E-state index contributed by atoms with van der Waals surface area (Å²) in [6.07, 6.45) is 0.997. The molecule has 2 unspecified atom stereocenters. The summed E-state index contributed by atoms with van der Waals surface area (Å²) < 4.78 is 10.6. The van der Waals surface area contributed by atoms with Crippen molar-refractivity contribution in [2.45, 2.75) is 12.5 Å². The Labute approximate surface area is 113 Å². The van der Waals surface area contributed by atoms with Crippen LogP contribution >= 0.6 is 0 Å². The first-order valence-electron chi connectivity index (χ1n) is 6.53. The second-order valence-electron chi connectivity index (χ2n) is 4.88. The largest absolute Gasteiger partial charge is 0.497 e. The molecule has 5 heteroatoms. The van der Waals surface area contributed by atoms with Crippen LogP contribution in [0.1, 0.15) is 6.42 Å². The summed E-state index contributed by atoms with van der Waals surface area (Å²) in [7, 11) is 3.30. The normalized spacial score (nSPS) is 20.4. The Balaban J connectivity index is 2.14. The Morgan fingerprint density at radius 3 is 2.84 bits per heavy atom. The van der Waals surface area contributed by atoms with Crippen LogP contribution in [-0.4, -0.2) is 45.1 Å². The highest BCUT2D eigenvalue weighted by atomic mass is 16.5. The van der Waals surface area contributed by atoms with Crippen molar-refractivity contribution in [2.75, 3.05) is 38.8 Å². The molecule has 1 heterocycles. The van der Waals surface area contributed by atoms with Crippen LogP contribution in [0.5, 0.6) is 11.5 Å². The molecule has 1 fully saturated rings. The number of benzene rings is 1. The molecule has 5 nitrogen and oxygen atoms in total. The van der Waals surface area contributed by atoms with Crippen LogP contribution in [0.3, 0.4) is 0 Å². The Hall–Kier alpha value is -1.46. The van der Waals surface area contributed by atoms with Crippen molar-refractivity contribution in [1.29, 1.82) is 0 Å². The van der Waals surface area contributed by atoms with Gasteiger partial charge >= 0.3 is 0 Å². The van der Waals surface area contributed by atoms with Gasteiger partial charge in [-0.05, 0) is 24.5 Å². The van der Waals surface area contributed by atoms with Gasteiger partial charge in [0.05, 0.1) is 26.5 Å². The fourth-order valence-corrected chi connectivity index (χ4v) is 2.55. The van der Waals surface area contributed by atoms with E-state index in [-0.39, 0.29) is 12.6 Å². The SMILES string of the molecule is COc1ccc(N2CCC(C(N)CO)C2)c(OC)c1. The Kier molecular flexibility index (Phi) is 4.50. The Morgan fingerprint density at radius 2 is 2.21 bits per heavy atom. The van der Waals surface area contributed by atoms with E-state index in [0.29, 0.717) is 5.92 Å². The van der Waals surface area contributed by atoms with E-state index in [1.54, 1.807) is 14.2 Å². The zero-order chi connectivity index (χ0) is 13.8. The maximum Gasteiger partial charge on any atom is 0.145 e. The molecule has 1 aromatic rings. The maximum absolute atomic E-state index is 9.14. The Morgan fingerprint density at radius 1 is 1.42 bits per heavy atom. The van der Waals surface area contributed by atoms with Crippen LogP contribution in [-0.2, 0) is 0 Å². The first-order chi connectivity index (χ1) is 9.19. The molecule has 2 rings (SSSR count). The van der Waals surface area contributed by atoms with Gasteiger partial charge in [-0.3, -0.25) is 0 Å². The number of nitrogens with two attached hydrogens (primary N) is 1. The summed E-state index contributed by atoms with van der Waals surface area (Å²) in [5.41, 5.74) is 6.96. The summed E-state index contributed by atoms with van der Waals surface area (Å²) in [4.78, 5) is 2.25. The van der Waals surface area contributed by atoms with E-state index >= 15 is 0 Å². The van der Waals surface area contributed by atoms with Gasteiger partial charge in [0, 0.05) is 25.2 Å². The fraction of sp³-hybridized carbons (Fsp3) is 0.571. The van der Waals surface area contributed by atoms with Crippen molar-refractivity contribution in [2.24, 2.45) is 11.7 Å². The van der Waals surface area contributed by atoms with E-state index in [1.165, 1.54) is 0 Å².